The second kappa shape index (κ2) is 8.73. The van der Waals surface area contributed by atoms with E-state index in [1.165, 1.54) is 7.11 Å². The summed E-state index contributed by atoms with van der Waals surface area (Å²) in [4.78, 5) is 23.6. The summed E-state index contributed by atoms with van der Waals surface area (Å²) in [6, 6.07) is 15.3. The SMILES string of the molecule is COc1ccccc1OCC(=O)NC(c1ccccc1)C(C)C(=O)O. The van der Waals surface area contributed by atoms with Crippen LogP contribution in [-0.2, 0) is 9.59 Å². The Morgan fingerprint density at radius 1 is 1.04 bits per heavy atom. The van der Waals surface area contributed by atoms with Crippen LogP contribution in [0.3, 0.4) is 0 Å². The normalized spacial score (nSPS) is 12.7. The zero-order valence-corrected chi connectivity index (χ0v) is 14.1. The van der Waals surface area contributed by atoms with Crippen LogP contribution >= 0.6 is 0 Å². The van der Waals surface area contributed by atoms with E-state index >= 15 is 0 Å². The van der Waals surface area contributed by atoms with Gasteiger partial charge in [-0.1, -0.05) is 42.5 Å². The molecule has 0 aromatic heterocycles. The third kappa shape index (κ3) is 4.97. The first kappa shape index (κ1) is 18.3. The van der Waals surface area contributed by atoms with Gasteiger partial charge in [0.2, 0.25) is 0 Å². The topological polar surface area (TPSA) is 84.9 Å². The summed E-state index contributed by atoms with van der Waals surface area (Å²) in [5.41, 5.74) is 0.725. The largest absolute Gasteiger partial charge is 0.493 e. The van der Waals surface area contributed by atoms with E-state index in [1.807, 2.05) is 6.07 Å². The van der Waals surface area contributed by atoms with Crippen LogP contribution in [0.25, 0.3) is 0 Å². The molecule has 0 saturated heterocycles. The van der Waals surface area contributed by atoms with Gasteiger partial charge in [0.25, 0.3) is 5.91 Å². The van der Waals surface area contributed by atoms with E-state index in [9.17, 15) is 14.7 Å². The van der Waals surface area contributed by atoms with Crippen LogP contribution in [0.1, 0.15) is 18.5 Å². The number of hydrogen-bond donors (Lipinski definition) is 2. The van der Waals surface area contributed by atoms with Gasteiger partial charge in [-0.2, -0.15) is 0 Å². The molecule has 2 N–H and O–H groups in total. The number of amides is 1. The number of aliphatic carboxylic acids is 1. The Balaban J connectivity index is 2.05. The third-order valence-corrected chi connectivity index (χ3v) is 3.79. The van der Waals surface area contributed by atoms with Crippen molar-refractivity contribution in [2.24, 2.45) is 5.92 Å². The van der Waals surface area contributed by atoms with Crippen LogP contribution in [0.15, 0.2) is 54.6 Å². The lowest BCUT2D eigenvalue weighted by Crippen LogP contribution is -2.38. The molecule has 25 heavy (non-hydrogen) atoms. The van der Waals surface area contributed by atoms with Crippen molar-refractivity contribution in [1.82, 2.24) is 5.32 Å². The van der Waals surface area contributed by atoms with Gasteiger partial charge in [-0.15, -0.1) is 0 Å². The Morgan fingerprint density at radius 3 is 2.24 bits per heavy atom. The molecule has 0 radical (unpaired) electrons. The van der Waals surface area contributed by atoms with Crippen molar-refractivity contribution in [3.8, 4) is 11.5 Å². The highest BCUT2D eigenvalue weighted by molar-refractivity contribution is 5.79. The summed E-state index contributed by atoms with van der Waals surface area (Å²) >= 11 is 0. The first-order valence-electron chi connectivity index (χ1n) is 7.86. The summed E-state index contributed by atoms with van der Waals surface area (Å²) in [5, 5.41) is 12.0. The number of carboxylic acids is 1. The van der Waals surface area contributed by atoms with Gasteiger partial charge in [-0.3, -0.25) is 9.59 Å². The lowest BCUT2D eigenvalue weighted by Gasteiger charge is -2.23. The van der Waals surface area contributed by atoms with Crippen molar-refractivity contribution in [2.45, 2.75) is 13.0 Å². The van der Waals surface area contributed by atoms with E-state index in [4.69, 9.17) is 9.47 Å². The Morgan fingerprint density at radius 2 is 1.64 bits per heavy atom. The molecular weight excluding hydrogens is 322 g/mol. The van der Waals surface area contributed by atoms with Gasteiger partial charge in [-0.25, -0.2) is 0 Å². The highest BCUT2D eigenvalue weighted by Crippen LogP contribution is 2.26. The van der Waals surface area contributed by atoms with Crippen molar-refractivity contribution in [3.63, 3.8) is 0 Å². The smallest absolute Gasteiger partial charge is 0.308 e. The standard InChI is InChI=1S/C19H21NO5/c1-13(19(22)23)18(14-8-4-3-5-9-14)20-17(21)12-25-16-11-7-6-10-15(16)24-2/h3-11,13,18H,12H2,1-2H3,(H,20,21)(H,22,23). The van der Waals surface area contributed by atoms with Gasteiger partial charge >= 0.3 is 5.97 Å². The Labute approximate surface area is 146 Å². The zero-order chi connectivity index (χ0) is 18.2. The lowest BCUT2D eigenvalue weighted by atomic mass is 9.94. The predicted octanol–water partition coefficient (Wildman–Crippen LogP) is 2.65. The molecule has 2 atom stereocenters. The molecule has 0 fully saturated rings. The molecule has 0 saturated carbocycles. The second-order valence-corrected chi connectivity index (χ2v) is 5.52. The van der Waals surface area contributed by atoms with Crippen molar-refractivity contribution in [2.75, 3.05) is 13.7 Å². The van der Waals surface area contributed by atoms with Crippen molar-refractivity contribution >= 4 is 11.9 Å². The number of para-hydroxylation sites is 2. The molecule has 2 unspecified atom stereocenters. The van der Waals surface area contributed by atoms with Crippen LogP contribution in [0.5, 0.6) is 11.5 Å². The number of carbonyl (C=O) groups excluding carboxylic acids is 1. The minimum absolute atomic E-state index is 0.240. The van der Waals surface area contributed by atoms with Crippen molar-refractivity contribution in [1.29, 1.82) is 0 Å². The monoisotopic (exact) mass is 343 g/mol. The molecular formula is C19H21NO5. The Hall–Kier alpha value is -3.02. The molecule has 0 aliphatic rings. The van der Waals surface area contributed by atoms with E-state index < -0.39 is 23.8 Å². The van der Waals surface area contributed by atoms with Gasteiger partial charge in [0, 0.05) is 0 Å². The summed E-state index contributed by atoms with van der Waals surface area (Å²) in [7, 11) is 1.52. The predicted molar refractivity (Wildman–Crippen MR) is 92.6 cm³/mol. The van der Waals surface area contributed by atoms with Gasteiger partial charge in [-0.05, 0) is 24.6 Å². The van der Waals surface area contributed by atoms with Gasteiger partial charge < -0.3 is 19.9 Å². The molecule has 132 valence electrons. The molecule has 2 aromatic rings. The maximum atomic E-state index is 12.3. The maximum Gasteiger partial charge on any atom is 0.308 e. The van der Waals surface area contributed by atoms with Gasteiger partial charge in [0.1, 0.15) is 0 Å². The fourth-order valence-corrected chi connectivity index (χ4v) is 2.40. The first-order chi connectivity index (χ1) is 12.0. The summed E-state index contributed by atoms with van der Waals surface area (Å²) in [6.45, 7) is 1.32. The van der Waals surface area contributed by atoms with E-state index in [-0.39, 0.29) is 6.61 Å². The molecule has 2 rings (SSSR count). The number of nitrogens with one attached hydrogen (secondary N) is 1. The molecule has 6 nitrogen and oxygen atoms in total. The minimum Gasteiger partial charge on any atom is -0.493 e. The molecule has 0 heterocycles. The number of carboxylic acid groups (broad SMARTS) is 1. The average molecular weight is 343 g/mol. The Kier molecular flexibility index (Phi) is 6.39. The molecule has 6 heteroatoms. The van der Waals surface area contributed by atoms with Gasteiger partial charge in [0.05, 0.1) is 19.1 Å². The molecule has 2 aromatic carbocycles. The zero-order valence-electron chi connectivity index (χ0n) is 14.1. The fourth-order valence-electron chi connectivity index (χ4n) is 2.40. The van der Waals surface area contributed by atoms with Crippen LogP contribution < -0.4 is 14.8 Å². The third-order valence-electron chi connectivity index (χ3n) is 3.79. The fraction of sp³-hybridized carbons (Fsp3) is 0.263. The second-order valence-electron chi connectivity index (χ2n) is 5.52. The summed E-state index contributed by atoms with van der Waals surface area (Å²) in [6.07, 6.45) is 0. The van der Waals surface area contributed by atoms with Crippen molar-refractivity contribution in [3.05, 3.63) is 60.2 Å². The number of ether oxygens (including phenoxy) is 2. The van der Waals surface area contributed by atoms with Crippen LogP contribution in [0.2, 0.25) is 0 Å². The number of carbonyl (C=O) groups is 2. The quantitative estimate of drug-likeness (QED) is 0.770. The number of benzene rings is 2. The number of rotatable bonds is 8. The first-order valence-corrected chi connectivity index (χ1v) is 7.86. The maximum absolute atomic E-state index is 12.3. The number of methoxy groups -OCH3 is 1. The summed E-state index contributed by atoms with van der Waals surface area (Å²) < 4.78 is 10.6. The Bertz CT molecular complexity index is 717. The molecule has 0 bridgehead atoms. The molecule has 1 amide bonds. The average Bonchev–Trinajstić information content (AvgIpc) is 2.64. The van der Waals surface area contributed by atoms with Crippen LogP contribution in [0, 0.1) is 5.92 Å². The molecule has 0 aliphatic heterocycles. The summed E-state index contributed by atoms with van der Waals surface area (Å²) in [5.74, 6) is -1.21. The van der Waals surface area contributed by atoms with E-state index in [0.29, 0.717) is 11.5 Å². The van der Waals surface area contributed by atoms with E-state index in [1.54, 1.807) is 55.5 Å². The highest BCUT2D eigenvalue weighted by atomic mass is 16.5. The molecule has 0 aliphatic carbocycles. The van der Waals surface area contributed by atoms with Crippen molar-refractivity contribution < 1.29 is 24.2 Å². The van der Waals surface area contributed by atoms with Crippen LogP contribution in [0.4, 0.5) is 0 Å². The van der Waals surface area contributed by atoms with E-state index in [2.05, 4.69) is 5.32 Å². The lowest BCUT2D eigenvalue weighted by molar-refractivity contribution is -0.142. The minimum atomic E-state index is -0.986. The van der Waals surface area contributed by atoms with Crippen LogP contribution in [-0.4, -0.2) is 30.7 Å². The van der Waals surface area contributed by atoms with Gasteiger partial charge in [0.15, 0.2) is 18.1 Å². The highest BCUT2D eigenvalue weighted by Gasteiger charge is 2.26. The number of hydrogen-bond acceptors (Lipinski definition) is 4. The van der Waals surface area contributed by atoms with E-state index in [0.717, 1.165) is 5.56 Å². The molecule has 0 spiro atoms.